The van der Waals surface area contributed by atoms with Gasteiger partial charge in [0, 0.05) is 6.26 Å². The van der Waals surface area contributed by atoms with Crippen LogP contribution in [0.1, 0.15) is 5.56 Å². The number of hydrogen-bond donors (Lipinski definition) is 2. The third-order valence-corrected chi connectivity index (χ3v) is 5.87. The van der Waals surface area contributed by atoms with E-state index in [0.717, 1.165) is 6.26 Å². The van der Waals surface area contributed by atoms with E-state index in [-0.39, 0.29) is 6.42 Å². The van der Waals surface area contributed by atoms with E-state index in [2.05, 4.69) is 0 Å². The molecule has 0 aliphatic rings. The normalized spacial score (nSPS) is 13.8. The number of aliphatic carboxylic acids is 1. The van der Waals surface area contributed by atoms with Crippen LogP contribution in [-0.4, -0.2) is 45.3 Å². The molecule has 1 unspecified atom stereocenters. The lowest BCUT2D eigenvalue weighted by atomic mass is 10.1. The highest BCUT2D eigenvalue weighted by Gasteiger charge is 2.26. The Balaban J connectivity index is 2.86. The SMILES string of the molecule is CS(=O)(=O)CS(=O)(=O)NC(Cc1ccccc1)C(=O)O. The number of carboxylic acid groups (broad SMARTS) is 1. The molecule has 0 heterocycles. The van der Waals surface area contributed by atoms with Crippen molar-refractivity contribution in [2.75, 3.05) is 11.3 Å². The first-order valence-electron chi connectivity index (χ1n) is 5.53. The zero-order valence-corrected chi connectivity index (χ0v) is 12.3. The van der Waals surface area contributed by atoms with E-state index >= 15 is 0 Å². The van der Waals surface area contributed by atoms with Gasteiger partial charge in [-0.1, -0.05) is 30.3 Å². The molecule has 1 aromatic rings. The molecule has 0 saturated carbocycles. The molecule has 2 N–H and O–H groups in total. The highest BCUT2D eigenvalue weighted by atomic mass is 32.3. The molecule has 1 aromatic carbocycles. The Bertz CT molecular complexity index is 666. The number of benzene rings is 1. The number of carbonyl (C=O) groups is 1. The van der Waals surface area contributed by atoms with Crippen molar-refractivity contribution in [1.29, 1.82) is 0 Å². The van der Waals surface area contributed by atoms with Crippen molar-refractivity contribution >= 4 is 25.8 Å². The zero-order chi connectivity index (χ0) is 15.4. The van der Waals surface area contributed by atoms with E-state index < -0.39 is 37.0 Å². The van der Waals surface area contributed by atoms with Crippen LogP contribution in [0.2, 0.25) is 0 Å². The number of nitrogens with one attached hydrogen (secondary N) is 1. The van der Waals surface area contributed by atoms with Gasteiger partial charge in [-0.3, -0.25) is 4.79 Å². The lowest BCUT2D eigenvalue weighted by Crippen LogP contribution is -2.44. The number of carboxylic acids is 1. The van der Waals surface area contributed by atoms with Gasteiger partial charge in [-0.15, -0.1) is 0 Å². The summed E-state index contributed by atoms with van der Waals surface area (Å²) in [4.78, 5) is 11.1. The van der Waals surface area contributed by atoms with Crippen LogP contribution in [0.15, 0.2) is 30.3 Å². The van der Waals surface area contributed by atoms with E-state index in [1.165, 1.54) is 0 Å². The third kappa shape index (κ3) is 6.13. The predicted octanol–water partition coefficient (Wildman–Crippen LogP) is -0.396. The first kappa shape index (κ1) is 16.6. The summed E-state index contributed by atoms with van der Waals surface area (Å²) in [6.45, 7) is 0. The maximum Gasteiger partial charge on any atom is 0.322 e. The van der Waals surface area contributed by atoms with E-state index in [9.17, 15) is 21.6 Å². The molecule has 112 valence electrons. The van der Waals surface area contributed by atoms with Crippen molar-refractivity contribution in [2.45, 2.75) is 12.5 Å². The van der Waals surface area contributed by atoms with Crippen molar-refractivity contribution in [3.63, 3.8) is 0 Å². The van der Waals surface area contributed by atoms with Crippen molar-refractivity contribution in [1.82, 2.24) is 4.72 Å². The fourth-order valence-corrected chi connectivity index (χ4v) is 4.71. The topological polar surface area (TPSA) is 118 Å². The van der Waals surface area contributed by atoms with Crippen molar-refractivity contribution in [3.05, 3.63) is 35.9 Å². The molecule has 7 nitrogen and oxygen atoms in total. The molecule has 0 bridgehead atoms. The predicted molar refractivity (Wildman–Crippen MR) is 73.3 cm³/mol. The molecule has 0 amide bonds. The van der Waals surface area contributed by atoms with Gasteiger partial charge >= 0.3 is 5.97 Å². The Morgan fingerprint density at radius 2 is 1.75 bits per heavy atom. The van der Waals surface area contributed by atoms with Gasteiger partial charge in [0.25, 0.3) is 0 Å². The Morgan fingerprint density at radius 3 is 2.20 bits per heavy atom. The number of hydrogen-bond acceptors (Lipinski definition) is 5. The van der Waals surface area contributed by atoms with Crippen molar-refractivity contribution in [3.8, 4) is 0 Å². The molecule has 0 aliphatic heterocycles. The average molecular weight is 321 g/mol. The van der Waals surface area contributed by atoms with Gasteiger partial charge < -0.3 is 5.11 Å². The summed E-state index contributed by atoms with van der Waals surface area (Å²) in [5.41, 5.74) is 0.627. The second-order valence-corrected chi connectivity index (χ2v) is 8.62. The summed E-state index contributed by atoms with van der Waals surface area (Å²) < 4.78 is 47.1. The minimum Gasteiger partial charge on any atom is -0.480 e. The molecule has 0 aliphatic carbocycles. The van der Waals surface area contributed by atoms with Crippen molar-refractivity contribution in [2.24, 2.45) is 0 Å². The van der Waals surface area contributed by atoms with Crippen LogP contribution in [-0.2, 0) is 31.1 Å². The summed E-state index contributed by atoms with van der Waals surface area (Å²) in [5, 5.41) is 7.88. The quantitative estimate of drug-likeness (QED) is 0.706. The molecule has 20 heavy (non-hydrogen) atoms. The maximum atomic E-state index is 11.6. The summed E-state index contributed by atoms with van der Waals surface area (Å²) in [6.07, 6.45) is 0.693. The van der Waals surface area contributed by atoms with Crippen LogP contribution in [0.25, 0.3) is 0 Å². The van der Waals surface area contributed by atoms with Crippen LogP contribution >= 0.6 is 0 Å². The Labute approximate surface area is 117 Å². The first-order chi connectivity index (χ1) is 9.09. The summed E-state index contributed by atoms with van der Waals surface area (Å²) in [6, 6.07) is 7.02. The number of sulfonamides is 1. The van der Waals surface area contributed by atoms with Gasteiger partial charge in [0.15, 0.2) is 14.9 Å². The van der Waals surface area contributed by atoms with Gasteiger partial charge in [-0.25, -0.2) is 16.8 Å². The summed E-state index contributed by atoms with van der Waals surface area (Å²) >= 11 is 0. The van der Waals surface area contributed by atoms with Crippen LogP contribution in [0.4, 0.5) is 0 Å². The fraction of sp³-hybridized carbons (Fsp3) is 0.364. The Hall–Kier alpha value is -1.45. The monoisotopic (exact) mass is 321 g/mol. The van der Waals surface area contributed by atoms with Crippen LogP contribution < -0.4 is 4.72 Å². The van der Waals surface area contributed by atoms with Gasteiger partial charge in [0.2, 0.25) is 10.0 Å². The first-order valence-corrected chi connectivity index (χ1v) is 9.25. The smallest absolute Gasteiger partial charge is 0.322 e. The molecule has 0 aromatic heterocycles. The Kier molecular flexibility index (Phi) is 5.26. The van der Waals surface area contributed by atoms with Crippen LogP contribution in [0.5, 0.6) is 0 Å². The molecule has 0 spiro atoms. The molecular formula is C11H15NO6S2. The lowest BCUT2D eigenvalue weighted by molar-refractivity contribution is -0.138. The van der Waals surface area contributed by atoms with Crippen LogP contribution in [0.3, 0.4) is 0 Å². The molecule has 0 fully saturated rings. The second kappa shape index (κ2) is 6.33. The second-order valence-electron chi connectivity index (χ2n) is 4.36. The molecule has 0 radical (unpaired) electrons. The molecule has 1 rings (SSSR count). The van der Waals surface area contributed by atoms with Gasteiger partial charge in [0.1, 0.15) is 6.04 Å². The Morgan fingerprint density at radius 1 is 1.20 bits per heavy atom. The molecular weight excluding hydrogens is 306 g/mol. The standard InChI is InChI=1S/C11H15NO6S2/c1-19(15,16)8-20(17,18)12-10(11(13)14)7-9-5-3-2-4-6-9/h2-6,10,12H,7-8H2,1H3,(H,13,14). The van der Waals surface area contributed by atoms with Crippen LogP contribution in [0, 0.1) is 0 Å². The molecule has 0 saturated heterocycles. The van der Waals surface area contributed by atoms with E-state index in [4.69, 9.17) is 5.11 Å². The third-order valence-electron chi connectivity index (χ3n) is 2.27. The highest BCUT2D eigenvalue weighted by molar-refractivity contribution is 8.06. The van der Waals surface area contributed by atoms with Gasteiger partial charge in [-0.05, 0) is 12.0 Å². The maximum absolute atomic E-state index is 11.6. The molecule has 1 atom stereocenters. The van der Waals surface area contributed by atoms with Gasteiger partial charge in [0.05, 0.1) is 0 Å². The summed E-state index contributed by atoms with van der Waals surface area (Å²) in [5.74, 6) is -1.37. The van der Waals surface area contributed by atoms with Crippen molar-refractivity contribution < 1.29 is 26.7 Å². The molecule has 9 heteroatoms. The largest absolute Gasteiger partial charge is 0.480 e. The minimum atomic E-state index is -4.22. The average Bonchev–Trinajstić information content (AvgIpc) is 2.25. The van der Waals surface area contributed by atoms with E-state index in [1.54, 1.807) is 30.3 Å². The summed E-state index contributed by atoms with van der Waals surface area (Å²) in [7, 11) is -7.99. The minimum absolute atomic E-state index is 0.0703. The lowest BCUT2D eigenvalue weighted by Gasteiger charge is -2.14. The fourth-order valence-electron chi connectivity index (χ4n) is 1.56. The number of rotatable bonds is 7. The van der Waals surface area contributed by atoms with E-state index in [0.29, 0.717) is 5.56 Å². The highest BCUT2D eigenvalue weighted by Crippen LogP contribution is 2.05. The van der Waals surface area contributed by atoms with E-state index in [1.807, 2.05) is 4.72 Å². The zero-order valence-electron chi connectivity index (χ0n) is 10.7. The van der Waals surface area contributed by atoms with Gasteiger partial charge in [-0.2, -0.15) is 4.72 Å². The number of sulfone groups is 1.